The maximum Gasteiger partial charge on any atom is 0.416 e. The molecule has 5 rings (SSSR count). The van der Waals surface area contributed by atoms with E-state index in [-0.39, 0.29) is 56.1 Å². The van der Waals surface area contributed by atoms with Crippen LogP contribution in [0.1, 0.15) is 72.8 Å². The smallest absolute Gasteiger partial charge is 0.272 e. The van der Waals surface area contributed by atoms with Gasteiger partial charge in [0.2, 0.25) is 0 Å². The van der Waals surface area contributed by atoms with E-state index < -0.39 is 58.8 Å². The van der Waals surface area contributed by atoms with Gasteiger partial charge < -0.3 is 0 Å². The molecule has 196 valence electrons. The van der Waals surface area contributed by atoms with Gasteiger partial charge in [0.15, 0.2) is 0 Å². The third kappa shape index (κ3) is 3.57. The Balaban J connectivity index is 1.73. The van der Waals surface area contributed by atoms with Crippen LogP contribution in [-0.4, -0.2) is 34.6 Å². The molecule has 3 aromatic carbocycles. The van der Waals surface area contributed by atoms with Crippen LogP contribution in [0.15, 0.2) is 42.5 Å². The van der Waals surface area contributed by atoms with Crippen molar-refractivity contribution in [3.05, 3.63) is 75.8 Å². The zero-order chi connectivity index (χ0) is 27.9. The first-order chi connectivity index (χ1) is 17.7. The molecule has 38 heavy (non-hydrogen) atoms. The summed E-state index contributed by atoms with van der Waals surface area (Å²) in [6, 6.07) is 4.88. The molecule has 0 aromatic heterocycles. The zero-order valence-electron chi connectivity index (χ0n) is 19.6. The Hall–Kier alpha value is -4.22. The first-order valence-corrected chi connectivity index (χ1v) is 11.3. The highest BCUT2D eigenvalue weighted by Gasteiger charge is 2.43. The van der Waals surface area contributed by atoms with Crippen LogP contribution in [0.3, 0.4) is 0 Å². The maximum absolute atomic E-state index is 13.4. The van der Waals surface area contributed by atoms with E-state index in [0.29, 0.717) is 6.42 Å². The van der Waals surface area contributed by atoms with Crippen molar-refractivity contribution in [2.75, 3.05) is 4.90 Å². The number of hydrogen-bond acceptors (Lipinski definition) is 4. The molecule has 12 heteroatoms. The molecule has 0 aliphatic carbocycles. The van der Waals surface area contributed by atoms with E-state index in [0.717, 1.165) is 4.90 Å². The van der Waals surface area contributed by atoms with Crippen molar-refractivity contribution < 1.29 is 45.5 Å². The second kappa shape index (κ2) is 8.14. The van der Waals surface area contributed by atoms with Crippen molar-refractivity contribution in [1.29, 1.82) is 0 Å². The Morgan fingerprint density at radius 3 is 1.37 bits per heavy atom. The van der Waals surface area contributed by atoms with E-state index in [2.05, 4.69) is 0 Å². The van der Waals surface area contributed by atoms with Gasteiger partial charge in [0.1, 0.15) is 0 Å². The molecule has 0 radical (unpaired) electrons. The van der Waals surface area contributed by atoms with E-state index in [4.69, 9.17) is 0 Å². The average molecular weight is 534 g/mol. The molecule has 2 aliphatic rings. The van der Waals surface area contributed by atoms with Gasteiger partial charge in [-0.1, -0.05) is 6.92 Å². The molecule has 0 spiro atoms. The Morgan fingerprint density at radius 2 is 1.03 bits per heavy atom. The SMILES string of the molecule is CCC(C)N1C(=O)c2ccc3c4c(ccc(c24)C1=O)C(=O)N(c1cc(C(F)(F)F)cc(C(F)(F)F)c1)C3=O. The molecule has 0 bridgehead atoms. The minimum atomic E-state index is -5.20. The van der Waals surface area contributed by atoms with Gasteiger partial charge in [0, 0.05) is 39.1 Å². The van der Waals surface area contributed by atoms with Crippen LogP contribution >= 0.6 is 0 Å². The number of anilines is 1. The van der Waals surface area contributed by atoms with Gasteiger partial charge >= 0.3 is 12.4 Å². The second-order valence-electron chi connectivity index (χ2n) is 9.02. The summed E-state index contributed by atoms with van der Waals surface area (Å²) in [5.74, 6) is -3.67. The number of carbonyl (C=O) groups is 4. The lowest BCUT2D eigenvalue weighted by molar-refractivity contribution is -0.143. The van der Waals surface area contributed by atoms with E-state index in [1.807, 2.05) is 0 Å². The van der Waals surface area contributed by atoms with Crippen molar-refractivity contribution in [3.63, 3.8) is 0 Å². The van der Waals surface area contributed by atoms with Crippen molar-refractivity contribution in [1.82, 2.24) is 4.90 Å². The second-order valence-corrected chi connectivity index (χ2v) is 9.02. The fraction of sp³-hybridized carbons (Fsp3) is 0.231. The Bertz CT molecular complexity index is 1490. The minimum absolute atomic E-state index is 0.0379. The number of imide groups is 2. The predicted molar refractivity (Wildman–Crippen MR) is 122 cm³/mol. The molecule has 1 atom stereocenters. The van der Waals surface area contributed by atoms with Crippen LogP contribution in [0, 0.1) is 0 Å². The molecule has 2 aliphatic heterocycles. The van der Waals surface area contributed by atoms with E-state index in [1.54, 1.807) is 13.8 Å². The van der Waals surface area contributed by atoms with Crippen molar-refractivity contribution in [2.24, 2.45) is 0 Å². The third-order valence-corrected chi connectivity index (χ3v) is 6.79. The van der Waals surface area contributed by atoms with Crippen LogP contribution < -0.4 is 4.90 Å². The first kappa shape index (κ1) is 25.4. The number of nitrogens with zero attached hydrogens (tertiary/aromatic N) is 2. The highest BCUT2D eigenvalue weighted by Crippen LogP contribution is 2.42. The van der Waals surface area contributed by atoms with Crippen molar-refractivity contribution in [3.8, 4) is 0 Å². The minimum Gasteiger partial charge on any atom is -0.272 e. The number of benzene rings is 3. The summed E-state index contributed by atoms with van der Waals surface area (Å²) >= 11 is 0. The van der Waals surface area contributed by atoms with E-state index in [1.165, 1.54) is 24.3 Å². The molecule has 3 aromatic rings. The molecule has 0 saturated heterocycles. The Labute approximate surface area is 210 Å². The van der Waals surface area contributed by atoms with E-state index in [9.17, 15) is 45.5 Å². The molecule has 2 heterocycles. The van der Waals surface area contributed by atoms with Gasteiger partial charge in [-0.2, -0.15) is 26.3 Å². The zero-order valence-corrected chi connectivity index (χ0v) is 19.6. The third-order valence-electron chi connectivity index (χ3n) is 6.79. The van der Waals surface area contributed by atoms with Crippen LogP contribution in [0.4, 0.5) is 32.0 Å². The summed E-state index contributed by atoms with van der Waals surface area (Å²) in [5, 5.41) is -0.0179. The summed E-state index contributed by atoms with van der Waals surface area (Å²) in [6.45, 7) is 3.46. The number of rotatable bonds is 3. The Morgan fingerprint density at radius 1 is 0.658 bits per heavy atom. The van der Waals surface area contributed by atoms with Gasteiger partial charge in [-0.05, 0) is 55.8 Å². The summed E-state index contributed by atoms with van der Waals surface area (Å²) in [5.41, 5.74) is -4.70. The highest BCUT2D eigenvalue weighted by atomic mass is 19.4. The number of alkyl halides is 6. The van der Waals surface area contributed by atoms with Crippen LogP contribution in [0.2, 0.25) is 0 Å². The molecule has 0 saturated carbocycles. The van der Waals surface area contributed by atoms with Gasteiger partial charge in [-0.15, -0.1) is 0 Å². The number of halogens is 6. The molecule has 0 fully saturated rings. The standard InChI is InChI=1S/C26H16F6N2O4/c1-3-11(2)33-21(35)15-4-6-17-20-18(7-5-16(19(15)20)22(33)36)24(38)34(23(17)37)14-9-12(25(27,28)29)8-13(10-14)26(30,31)32/h4-11H,3H2,1-2H3. The molecular weight excluding hydrogens is 518 g/mol. The van der Waals surface area contributed by atoms with Gasteiger partial charge in [0.25, 0.3) is 23.6 Å². The predicted octanol–water partition coefficient (Wildman–Crippen LogP) is 6.07. The van der Waals surface area contributed by atoms with Gasteiger partial charge in [-0.3, -0.25) is 24.1 Å². The van der Waals surface area contributed by atoms with Gasteiger partial charge in [0.05, 0.1) is 16.8 Å². The summed E-state index contributed by atoms with van der Waals surface area (Å²) in [7, 11) is 0. The lowest BCUT2D eigenvalue weighted by atomic mass is 9.85. The fourth-order valence-corrected chi connectivity index (χ4v) is 4.78. The largest absolute Gasteiger partial charge is 0.416 e. The highest BCUT2D eigenvalue weighted by molar-refractivity contribution is 6.39. The maximum atomic E-state index is 13.4. The van der Waals surface area contributed by atoms with Crippen molar-refractivity contribution >= 4 is 40.1 Å². The average Bonchev–Trinajstić information content (AvgIpc) is 2.84. The van der Waals surface area contributed by atoms with E-state index >= 15 is 0 Å². The lowest BCUT2D eigenvalue weighted by Gasteiger charge is -2.34. The number of hydrogen-bond donors (Lipinski definition) is 0. The summed E-state index contributed by atoms with van der Waals surface area (Å²) in [6.07, 6.45) is -9.92. The summed E-state index contributed by atoms with van der Waals surface area (Å²) < 4.78 is 80.5. The van der Waals surface area contributed by atoms with Crippen LogP contribution in [0.5, 0.6) is 0 Å². The summed E-state index contributed by atoms with van der Waals surface area (Å²) in [4.78, 5) is 54.5. The number of carbonyl (C=O) groups excluding carboxylic acids is 4. The quantitative estimate of drug-likeness (QED) is 0.302. The fourth-order valence-electron chi connectivity index (χ4n) is 4.78. The van der Waals surface area contributed by atoms with Gasteiger partial charge in [-0.25, -0.2) is 4.90 Å². The molecule has 4 amide bonds. The molecule has 0 N–H and O–H groups in total. The van der Waals surface area contributed by atoms with Crippen molar-refractivity contribution in [2.45, 2.75) is 38.7 Å². The first-order valence-electron chi connectivity index (χ1n) is 11.3. The molecule has 1 unspecified atom stereocenters. The monoisotopic (exact) mass is 534 g/mol. The number of amides is 4. The van der Waals surface area contributed by atoms with Crippen LogP contribution in [0.25, 0.3) is 10.8 Å². The lowest BCUT2D eigenvalue weighted by Crippen LogP contribution is -2.46. The Kier molecular flexibility index (Phi) is 5.45. The molecular formula is C26H16F6N2O4. The normalized spacial score (nSPS) is 16.5. The molecule has 6 nitrogen and oxygen atoms in total. The topological polar surface area (TPSA) is 74.8 Å². The van der Waals surface area contributed by atoms with Crippen LogP contribution in [-0.2, 0) is 12.4 Å².